The van der Waals surface area contributed by atoms with Gasteiger partial charge in [-0.3, -0.25) is 9.52 Å². The Morgan fingerprint density at radius 1 is 1.08 bits per heavy atom. The monoisotopic (exact) mass is 518 g/mol. The summed E-state index contributed by atoms with van der Waals surface area (Å²) in [6.07, 6.45) is -0.931. The van der Waals surface area contributed by atoms with E-state index in [0.717, 1.165) is 17.9 Å². The molecule has 0 atom stereocenters. The Morgan fingerprint density at radius 2 is 1.78 bits per heavy atom. The summed E-state index contributed by atoms with van der Waals surface area (Å²) in [7, 11) is -1.81. The van der Waals surface area contributed by atoms with Crippen LogP contribution >= 0.6 is 0 Å². The molecule has 11 heteroatoms. The Labute approximate surface area is 207 Å². The first-order valence-electron chi connectivity index (χ1n) is 10.7. The van der Waals surface area contributed by atoms with Crippen molar-refractivity contribution < 1.29 is 26.4 Å². The van der Waals surface area contributed by atoms with Gasteiger partial charge in [0.05, 0.1) is 11.9 Å². The highest BCUT2D eigenvalue weighted by Gasteiger charge is 2.33. The number of pyridine rings is 1. The molecule has 0 aliphatic rings. The van der Waals surface area contributed by atoms with E-state index in [4.69, 9.17) is 0 Å². The van der Waals surface area contributed by atoms with E-state index >= 15 is 0 Å². The van der Waals surface area contributed by atoms with Crippen LogP contribution in [-0.4, -0.2) is 32.6 Å². The number of amides is 1. The molecular weight excluding hydrogens is 493 g/mol. The minimum Gasteiger partial charge on any atom is -0.348 e. The van der Waals surface area contributed by atoms with E-state index in [1.54, 1.807) is 62.5 Å². The zero-order valence-corrected chi connectivity index (χ0v) is 20.6. The van der Waals surface area contributed by atoms with Crippen LogP contribution < -0.4 is 14.9 Å². The highest BCUT2D eigenvalue weighted by atomic mass is 32.2. The minimum atomic E-state index is -4.61. The molecular formula is C25H25F3N4O3S. The van der Waals surface area contributed by atoms with Gasteiger partial charge in [0.25, 0.3) is 0 Å². The van der Waals surface area contributed by atoms with E-state index < -0.39 is 27.8 Å². The van der Waals surface area contributed by atoms with Crippen molar-refractivity contribution in [3.8, 4) is 0 Å². The fourth-order valence-corrected chi connectivity index (χ4v) is 3.98. The van der Waals surface area contributed by atoms with E-state index in [0.29, 0.717) is 22.5 Å². The smallest absolute Gasteiger partial charge is 0.348 e. The zero-order chi connectivity index (χ0) is 26.5. The van der Waals surface area contributed by atoms with Gasteiger partial charge in [0, 0.05) is 30.9 Å². The predicted octanol–water partition coefficient (Wildman–Crippen LogP) is 4.88. The molecule has 3 rings (SSSR count). The molecule has 3 aromatic rings. The molecule has 1 amide bonds. The van der Waals surface area contributed by atoms with Crippen LogP contribution in [0.5, 0.6) is 0 Å². The highest BCUT2D eigenvalue weighted by molar-refractivity contribution is 7.92. The second kappa shape index (κ2) is 10.8. The van der Waals surface area contributed by atoms with Crippen molar-refractivity contribution in [3.63, 3.8) is 0 Å². The number of hydrogen-bond donors (Lipinski definition) is 2. The summed E-state index contributed by atoms with van der Waals surface area (Å²) in [4.78, 5) is 17.7. The predicted molar refractivity (Wildman–Crippen MR) is 134 cm³/mol. The summed E-state index contributed by atoms with van der Waals surface area (Å²) < 4.78 is 65.1. The lowest BCUT2D eigenvalue weighted by molar-refractivity contribution is -0.141. The lowest BCUT2D eigenvalue weighted by atomic mass is 10.1. The molecule has 0 unspecified atom stereocenters. The first kappa shape index (κ1) is 26.7. The lowest BCUT2D eigenvalue weighted by Gasteiger charge is -2.21. The van der Waals surface area contributed by atoms with Crippen molar-refractivity contribution >= 4 is 39.2 Å². The fraction of sp³-hybridized carbons (Fsp3) is 0.200. The molecule has 0 radical (unpaired) electrons. The third-order valence-electron chi connectivity index (χ3n) is 5.12. The van der Waals surface area contributed by atoms with Crippen molar-refractivity contribution in [1.29, 1.82) is 0 Å². The van der Waals surface area contributed by atoms with Crippen molar-refractivity contribution in [2.75, 3.05) is 22.9 Å². The van der Waals surface area contributed by atoms with Crippen LogP contribution in [0.25, 0.3) is 6.08 Å². The number of nitrogens with one attached hydrogen (secondary N) is 2. The van der Waals surface area contributed by atoms with Crippen LogP contribution in [0.1, 0.15) is 22.4 Å². The van der Waals surface area contributed by atoms with E-state index in [1.807, 2.05) is 0 Å². The van der Waals surface area contributed by atoms with Crippen molar-refractivity contribution in [2.24, 2.45) is 0 Å². The lowest BCUT2D eigenvalue weighted by Crippen LogP contribution is -2.20. The van der Waals surface area contributed by atoms with E-state index in [2.05, 4.69) is 15.0 Å². The maximum absolute atomic E-state index is 13.3. The quantitative estimate of drug-likeness (QED) is 0.415. The van der Waals surface area contributed by atoms with Crippen molar-refractivity contribution in [2.45, 2.75) is 19.6 Å². The number of halogens is 3. The Hall–Kier alpha value is -3.86. The van der Waals surface area contributed by atoms with Gasteiger partial charge in [-0.25, -0.2) is 13.4 Å². The first-order chi connectivity index (χ1) is 16.8. The summed E-state index contributed by atoms with van der Waals surface area (Å²) in [5.74, 6) is -0.413. The number of anilines is 3. The molecule has 0 aliphatic carbocycles. The minimum absolute atomic E-state index is 0.0460. The number of benzene rings is 2. The Balaban J connectivity index is 1.76. The molecule has 36 heavy (non-hydrogen) atoms. The number of carbonyl (C=O) groups excluding carboxylic acids is 1. The Bertz CT molecular complexity index is 1380. The molecule has 0 aliphatic heterocycles. The molecule has 0 bridgehead atoms. The Morgan fingerprint density at radius 3 is 2.39 bits per heavy atom. The molecule has 0 spiro atoms. The molecule has 0 fully saturated rings. The van der Waals surface area contributed by atoms with Gasteiger partial charge in [-0.15, -0.1) is 0 Å². The van der Waals surface area contributed by atoms with Gasteiger partial charge in [0.2, 0.25) is 15.9 Å². The summed E-state index contributed by atoms with van der Waals surface area (Å²) in [6.45, 7) is 1.91. The summed E-state index contributed by atoms with van der Waals surface area (Å²) in [5.41, 5.74) is 1.80. The number of aromatic nitrogens is 1. The Kier molecular flexibility index (Phi) is 8.03. The van der Waals surface area contributed by atoms with E-state index in [1.165, 1.54) is 23.1 Å². The fourth-order valence-electron chi connectivity index (χ4n) is 3.35. The SMILES string of the molecule is Cc1cc(CNC(=O)/C=C\c2ccc(C(F)(F)F)nc2N(C)c2ccccc2)ccc1NS(C)(=O)=O. The van der Waals surface area contributed by atoms with Crippen molar-refractivity contribution in [1.82, 2.24) is 10.3 Å². The van der Waals surface area contributed by atoms with Gasteiger partial charge in [0.1, 0.15) is 11.5 Å². The van der Waals surface area contributed by atoms with Crippen LogP contribution in [0.4, 0.5) is 30.4 Å². The van der Waals surface area contributed by atoms with Crippen LogP contribution in [-0.2, 0) is 27.5 Å². The van der Waals surface area contributed by atoms with E-state index in [9.17, 15) is 26.4 Å². The van der Waals surface area contributed by atoms with Crippen LogP contribution in [0.15, 0.2) is 66.7 Å². The number of hydrogen-bond acceptors (Lipinski definition) is 5. The molecule has 190 valence electrons. The highest BCUT2D eigenvalue weighted by Crippen LogP contribution is 2.33. The van der Waals surface area contributed by atoms with Gasteiger partial charge in [0.15, 0.2) is 0 Å². The molecule has 0 saturated carbocycles. The van der Waals surface area contributed by atoms with Crippen LogP contribution in [0, 0.1) is 6.92 Å². The van der Waals surface area contributed by atoms with Gasteiger partial charge >= 0.3 is 6.18 Å². The number of nitrogens with zero attached hydrogens (tertiary/aromatic N) is 2. The normalized spacial score (nSPS) is 11.9. The summed E-state index contributed by atoms with van der Waals surface area (Å²) in [6, 6.07) is 15.9. The second-order valence-electron chi connectivity index (χ2n) is 8.08. The topological polar surface area (TPSA) is 91.4 Å². The van der Waals surface area contributed by atoms with Crippen LogP contribution in [0.3, 0.4) is 0 Å². The van der Waals surface area contributed by atoms with Gasteiger partial charge in [-0.05, 0) is 54.5 Å². The number of carbonyl (C=O) groups is 1. The van der Waals surface area contributed by atoms with Gasteiger partial charge in [-0.1, -0.05) is 30.3 Å². The maximum Gasteiger partial charge on any atom is 0.433 e. The van der Waals surface area contributed by atoms with Gasteiger partial charge in [-0.2, -0.15) is 13.2 Å². The number of rotatable bonds is 8. The standard InChI is InChI=1S/C25H25F3N4O3S/c1-17-15-18(9-12-21(17)31-36(3,34)35)16-29-23(33)14-11-19-10-13-22(25(26,27)28)30-24(19)32(2)20-7-5-4-6-8-20/h4-15,31H,16H2,1-3H3,(H,29,33)/b14-11-. The number of para-hydroxylation sites is 1. The first-order valence-corrected chi connectivity index (χ1v) is 12.6. The zero-order valence-electron chi connectivity index (χ0n) is 19.8. The number of aryl methyl sites for hydroxylation is 1. The number of sulfonamides is 1. The van der Waals surface area contributed by atoms with Crippen LogP contribution in [0.2, 0.25) is 0 Å². The van der Waals surface area contributed by atoms with Gasteiger partial charge < -0.3 is 10.2 Å². The molecule has 1 heterocycles. The maximum atomic E-state index is 13.3. The summed E-state index contributed by atoms with van der Waals surface area (Å²) >= 11 is 0. The molecule has 1 aromatic heterocycles. The number of alkyl halides is 3. The summed E-state index contributed by atoms with van der Waals surface area (Å²) in [5, 5.41) is 2.70. The second-order valence-corrected chi connectivity index (χ2v) is 9.82. The average Bonchev–Trinajstić information content (AvgIpc) is 2.81. The average molecular weight is 519 g/mol. The van der Waals surface area contributed by atoms with Crippen molar-refractivity contribution in [3.05, 3.63) is 89.1 Å². The molecule has 7 nitrogen and oxygen atoms in total. The molecule has 0 saturated heterocycles. The molecule has 2 aromatic carbocycles. The van der Waals surface area contributed by atoms with E-state index in [-0.39, 0.29) is 12.4 Å². The third-order valence-corrected chi connectivity index (χ3v) is 5.71. The largest absolute Gasteiger partial charge is 0.433 e. The molecule has 2 N–H and O–H groups in total. The third kappa shape index (κ3) is 7.32.